The molecule has 1 fully saturated rings. The van der Waals surface area contributed by atoms with Gasteiger partial charge in [-0.25, -0.2) is 0 Å². The minimum Gasteiger partial charge on any atom is -0.318 e. The molecule has 100 valence electrons. The zero-order valence-electron chi connectivity index (χ0n) is 11.5. The van der Waals surface area contributed by atoms with E-state index in [2.05, 4.69) is 61.8 Å². The molecule has 0 radical (unpaired) electrons. The van der Waals surface area contributed by atoms with Crippen molar-refractivity contribution < 1.29 is 4.57 Å². The summed E-state index contributed by atoms with van der Waals surface area (Å²) in [5.74, 6) is 4.51. The van der Waals surface area contributed by atoms with Crippen LogP contribution in [0.2, 0.25) is 0 Å². The van der Waals surface area contributed by atoms with E-state index in [1.54, 1.807) is 0 Å². The monoisotopic (exact) mass is 290 g/mol. The first-order valence-electron chi connectivity index (χ1n) is 6.96. The third kappa shape index (κ3) is 2.04. The lowest BCUT2D eigenvalue weighted by molar-refractivity contribution is 0.575. The lowest BCUT2D eigenvalue weighted by atomic mass is 10.2. The molecule has 0 aliphatic carbocycles. The van der Waals surface area contributed by atoms with Crippen molar-refractivity contribution in [3.05, 3.63) is 48.0 Å². The zero-order valence-corrected chi connectivity index (χ0v) is 13.3. The summed E-state index contributed by atoms with van der Waals surface area (Å²) in [5, 5.41) is 2.47. The van der Waals surface area contributed by atoms with Crippen LogP contribution in [0.3, 0.4) is 0 Å². The van der Waals surface area contributed by atoms with Crippen LogP contribution < -0.4 is 5.30 Å². The van der Waals surface area contributed by atoms with Gasteiger partial charge in [0, 0.05) is 21.9 Å². The Morgan fingerprint density at radius 1 is 1.00 bits per heavy atom. The van der Waals surface area contributed by atoms with Crippen molar-refractivity contribution in [2.75, 3.05) is 0 Å². The van der Waals surface area contributed by atoms with E-state index in [1.165, 1.54) is 5.30 Å². The highest BCUT2D eigenvalue weighted by Gasteiger charge is 2.43. The second-order valence-electron chi connectivity index (χ2n) is 5.56. The van der Waals surface area contributed by atoms with Crippen molar-refractivity contribution in [1.29, 1.82) is 0 Å². The fourth-order valence-corrected chi connectivity index (χ4v) is 9.29. The molecule has 0 spiro atoms. The van der Waals surface area contributed by atoms with Gasteiger partial charge in [0.2, 0.25) is 0 Å². The first-order chi connectivity index (χ1) is 9.14. The Hall–Kier alpha value is -0.770. The molecule has 2 atom stereocenters. The van der Waals surface area contributed by atoms with Crippen molar-refractivity contribution >= 4 is 20.0 Å². The van der Waals surface area contributed by atoms with E-state index in [0.29, 0.717) is 11.3 Å². The molecule has 1 nitrogen and oxygen atoms in total. The summed E-state index contributed by atoms with van der Waals surface area (Å²) < 4.78 is 13.6. The summed E-state index contributed by atoms with van der Waals surface area (Å²) in [4.78, 5) is 0. The number of benzene rings is 1. The quantitative estimate of drug-likeness (QED) is 0.693. The van der Waals surface area contributed by atoms with Crippen molar-refractivity contribution in [3.63, 3.8) is 0 Å². The summed E-state index contributed by atoms with van der Waals surface area (Å²) in [6.45, 7) is 4.35. The molecule has 1 aromatic carbocycles. The van der Waals surface area contributed by atoms with Crippen molar-refractivity contribution in [2.45, 2.75) is 38.0 Å². The summed E-state index contributed by atoms with van der Waals surface area (Å²) in [6, 6.07) is 12.7. The Morgan fingerprint density at radius 2 is 1.58 bits per heavy atom. The SMILES string of the molecule is C[C@@H]1CC[C@@H](C)P1(=O)c1ccccc1-p1cccc1. The average Bonchev–Trinajstić information content (AvgIpc) is 3.04. The molecule has 2 heterocycles. The maximum absolute atomic E-state index is 13.6. The maximum Gasteiger partial charge on any atom is 0.121 e. The largest absolute Gasteiger partial charge is 0.318 e. The first kappa shape index (κ1) is 13.2. The maximum atomic E-state index is 13.6. The summed E-state index contributed by atoms with van der Waals surface area (Å²) >= 11 is 0. The van der Waals surface area contributed by atoms with E-state index in [1.807, 2.05) is 0 Å². The molecule has 1 aromatic heterocycles. The van der Waals surface area contributed by atoms with E-state index in [4.69, 9.17) is 0 Å². The molecular weight excluding hydrogens is 270 g/mol. The van der Waals surface area contributed by atoms with E-state index >= 15 is 0 Å². The zero-order chi connectivity index (χ0) is 13.5. The lowest BCUT2D eigenvalue weighted by Crippen LogP contribution is -2.16. The van der Waals surface area contributed by atoms with E-state index in [0.717, 1.165) is 18.1 Å². The highest BCUT2D eigenvalue weighted by Crippen LogP contribution is 2.63. The van der Waals surface area contributed by atoms with Gasteiger partial charge in [-0.3, -0.25) is 0 Å². The van der Waals surface area contributed by atoms with Crippen LogP contribution in [0.1, 0.15) is 26.7 Å². The lowest BCUT2D eigenvalue weighted by Gasteiger charge is -2.24. The standard InChI is InChI=1S/C16H20OP2/c1-13-9-10-14(2)19(13,17)16-8-4-3-7-15(16)18-11-5-6-12-18/h3-8,11-14H,9-10H2,1-2H3/t13-,14-/m1/s1. The molecule has 2 aromatic rings. The van der Waals surface area contributed by atoms with Gasteiger partial charge in [-0.2, -0.15) is 0 Å². The average molecular weight is 290 g/mol. The second kappa shape index (κ2) is 4.97. The minimum absolute atomic E-state index is 0.342. The van der Waals surface area contributed by atoms with Gasteiger partial charge >= 0.3 is 0 Å². The third-order valence-corrected chi connectivity index (χ3v) is 10.8. The van der Waals surface area contributed by atoms with Gasteiger partial charge in [0.15, 0.2) is 0 Å². The fourth-order valence-electron chi connectivity index (χ4n) is 3.25. The van der Waals surface area contributed by atoms with E-state index in [9.17, 15) is 4.57 Å². The fraction of sp³-hybridized carbons (Fsp3) is 0.375. The second-order valence-corrected chi connectivity index (χ2v) is 11.1. The van der Waals surface area contributed by atoms with Crippen LogP contribution in [-0.2, 0) is 4.57 Å². The summed E-state index contributed by atoms with van der Waals surface area (Å²) in [5.41, 5.74) is 0.684. The number of rotatable bonds is 2. The smallest absolute Gasteiger partial charge is 0.121 e. The van der Waals surface area contributed by atoms with E-state index in [-0.39, 0.29) is 7.53 Å². The van der Waals surface area contributed by atoms with Crippen molar-refractivity contribution in [1.82, 2.24) is 0 Å². The van der Waals surface area contributed by atoms with Gasteiger partial charge in [0.25, 0.3) is 0 Å². The van der Waals surface area contributed by atoms with Gasteiger partial charge < -0.3 is 4.57 Å². The molecule has 0 amide bonds. The van der Waals surface area contributed by atoms with Crippen LogP contribution in [0.15, 0.2) is 48.0 Å². The Labute approximate surface area is 116 Å². The predicted molar refractivity (Wildman–Crippen MR) is 85.9 cm³/mol. The Morgan fingerprint density at radius 3 is 2.21 bits per heavy atom. The van der Waals surface area contributed by atoms with Gasteiger partial charge in [-0.1, -0.05) is 51.7 Å². The molecule has 0 bridgehead atoms. The summed E-state index contributed by atoms with van der Waals surface area (Å²) in [7, 11) is -2.63. The van der Waals surface area contributed by atoms with Crippen LogP contribution in [-0.4, -0.2) is 11.3 Å². The number of hydrogen-bond acceptors (Lipinski definition) is 1. The molecule has 3 heteroatoms. The normalized spacial score (nSPS) is 25.6. The van der Waals surface area contributed by atoms with Crippen LogP contribution >= 0.6 is 14.7 Å². The van der Waals surface area contributed by atoms with Gasteiger partial charge in [-0.15, -0.1) is 0 Å². The molecule has 3 rings (SSSR count). The van der Waals surface area contributed by atoms with Gasteiger partial charge in [-0.05, 0) is 30.5 Å². The molecule has 1 aliphatic heterocycles. The van der Waals surface area contributed by atoms with Crippen LogP contribution in [0.25, 0.3) is 5.30 Å². The molecule has 0 N–H and O–H groups in total. The van der Waals surface area contributed by atoms with E-state index < -0.39 is 7.14 Å². The molecular formula is C16H20OP2. The van der Waals surface area contributed by atoms with Crippen molar-refractivity contribution in [2.24, 2.45) is 0 Å². The van der Waals surface area contributed by atoms with Crippen LogP contribution in [0.5, 0.6) is 0 Å². The minimum atomic E-state index is -2.25. The Bertz CT molecular complexity index is 601. The predicted octanol–water partition coefficient (Wildman–Crippen LogP) is 5.22. The summed E-state index contributed by atoms with van der Waals surface area (Å²) in [6.07, 6.45) is 2.22. The van der Waals surface area contributed by atoms with Crippen LogP contribution in [0.4, 0.5) is 0 Å². The first-order valence-corrected chi connectivity index (χ1v) is 10.3. The molecule has 1 aliphatic rings. The Kier molecular flexibility index (Phi) is 3.46. The molecule has 1 saturated heterocycles. The van der Waals surface area contributed by atoms with Gasteiger partial charge in [0.05, 0.1) is 0 Å². The van der Waals surface area contributed by atoms with Gasteiger partial charge in [0.1, 0.15) is 7.14 Å². The highest BCUT2D eigenvalue weighted by molar-refractivity contribution is 7.75. The Balaban J connectivity index is 2.19. The molecule has 0 saturated carbocycles. The van der Waals surface area contributed by atoms with Crippen molar-refractivity contribution in [3.8, 4) is 5.30 Å². The van der Waals surface area contributed by atoms with Crippen LogP contribution in [0, 0.1) is 0 Å². The topological polar surface area (TPSA) is 17.1 Å². The third-order valence-electron chi connectivity index (χ3n) is 4.45. The molecule has 19 heavy (non-hydrogen) atoms. The highest BCUT2D eigenvalue weighted by atomic mass is 31.2. The number of hydrogen-bond donors (Lipinski definition) is 0. The molecule has 0 unspecified atom stereocenters.